The molecular weight excluding hydrogens is 380 g/mol. The number of anilines is 2. The van der Waals surface area contributed by atoms with Crippen LogP contribution in [-0.2, 0) is 11.2 Å². The average molecular weight is 407 g/mol. The minimum absolute atomic E-state index is 0.00850. The molecule has 1 aliphatic heterocycles. The summed E-state index contributed by atoms with van der Waals surface area (Å²) in [5, 5.41) is 3.70. The Kier molecular flexibility index (Phi) is 6.22. The van der Waals surface area contributed by atoms with Crippen molar-refractivity contribution in [2.45, 2.75) is 13.3 Å². The first-order chi connectivity index (χ1) is 14.2. The first-order valence-electron chi connectivity index (χ1n) is 10.1. The summed E-state index contributed by atoms with van der Waals surface area (Å²) in [5.41, 5.74) is 3.32. The number of thiazole rings is 1. The largest absolute Gasteiger partial charge is 0.369 e. The SMILES string of the molecule is CCc1sc(NC(=O)CN2CCN(c3ccccc3)CC2)nc1-c1ccccc1. The van der Waals surface area contributed by atoms with Crippen LogP contribution in [0.15, 0.2) is 60.7 Å². The first-order valence-corrected chi connectivity index (χ1v) is 10.9. The molecule has 0 bridgehead atoms. The van der Waals surface area contributed by atoms with E-state index in [1.54, 1.807) is 11.3 Å². The maximum atomic E-state index is 12.6. The fourth-order valence-electron chi connectivity index (χ4n) is 3.63. The van der Waals surface area contributed by atoms with Crippen molar-refractivity contribution in [1.29, 1.82) is 0 Å². The van der Waals surface area contributed by atoms with Crippen LogP contribution in [0.25, 0.3) is 11.3 Å². The van der Waals surface area contributed by atoms with Crippen molar-refractivity contribution < 1.29 is 4.79 Å². The summed E-state index contributed by atoms with van der Waals surface area (Å²) in [7, 11) is 0. The van der Waals surface area contributed by atoms with E-state index >= 15 is 0 Å². The van der Waals surface area contributed by atoms with Crippen molar-refractivity contribution in [2.24, 2.45) is 0 Å². The number of aromatic nitrogens is 1. The van der Waals surface area contributed by atoms with E-state index in [4.69, 9.17) is 4.98 Å². The van der Waals surface area contributed by atoms with Crippen LogP contribution in [0.3, 0.4) is 0 Å². The third-order valence-corrected chi connectivity index (χ3v) is 6.29. The maximum Gasteiger partial charge on any atom is 0.240 e. The molecule has 1 amide bonds. The molecule has 5 nitrogen and oxygen atoms in total. The highest BCUT2D eigenvalue weighted by Gasteiger charge is 2.20. The van der Waals surface area contributed by atoms with Gasteiger partial charge in [0, 0.05) is 42.3 Å². The molecule has 29 heavy (non-hydrogen) atoms. The number of amides is 1. The molecule has 0 aliphatic carbocycles. The fraction of sp³-hybridized carbons (Fsp3) is 0.304. The van der Waals surface area contributed by atoms with Gasteiger partial charge in [-0.2, -0.15) is 0 Å². The quantitative estimate of drug-likeness (QED) is 0.669. The summed E-state index contributed by atoms with van der Waals surface area (Å²) in [6, 6.07) is 20.6. The zero-order chi connectivity index (χ0) is 20.1. The van der Waals surface area contributed by atoms with Crippen LogP contribution in [0.4, 0.5) is 10.8 Å². The van der Waals surface area contributed by atoms with Crippen LogP contribution in [0.5, 0.6) is 0 Å². The van der Waals surface area contributed by atoms with E-state index in [1.165, 1.54) is 10.6 Å². The van der Waals surface area contributed by atoms with Crippen molar-refractivity contribution in [3.63, 3.8) is 0 Å². The van der Waals surface area contributed by atoms with Gasteiger partial charge >= 0.3 is 0 Å². The molecule has 2 aromatic carbocycles. The van der Waals surface area contributed by atoms with E-state index in [0.29, 0.717) is 11.7 Å². The van der Waals surface area contributed by atoms with Crippen LogP contribution in [0, 0.1) is 0 Å². The Balaban J connectivity index is 1.33. The number of carbonyl (C=O) groups is 1. The van der Waals surface area contributed by atoms with E-state index in [2.05, 4.69) is 58.4 Å². The summed E-state index contributed by atoms with van der Waals surface area (Å²) in [5.74, 6) is 0.00850. The van der Waals surface area contributed by atoms with Crippen molar-refractivity contribution in [1.82, 2.24) is 9.88 Å². The number of nitrogens with one attached hydrogen (secondary N) is 1. The highest BCUT2D eigenvalue weighted by Crippen LogP contribution is 2.31. The monoisotopic (exact) mass is 406 g/mol. The highest BCUT2D eigenvalue weighted by molar-refractivity contribution is 7.16. The zero-order valence-corrected chi connectivity index (χ0v) is 17.5. The molecule has 1 aliphatic rings. The van der Waals surface area contributed by atoms with Gasteiger partial charge in [-0.1, -0.05) is 55.5 Å². The highest BCUT2D eigenvalue weighted by atomic mass is 32.1. The second kappa shape index (κ2) is 9.20. The van der Waals surface area contributed by atoms with E-state index in [9.17, 15) is 4.79 Å². The number of hydrogen-bond donors (Lipinski definition) is 1. The predicted octanol–water partition coefficient (Wildman–Crippen LogP) is 4.13. The van der Waals surface area contributed by atoms with Gasteiger partial charge in [0.15, 0.2) is 5.13 Å². The maximum absolute atomic E-state index is 12.6. The number of benzene rings is 2. The molecule has 4 rings (SSSR count). The number of aryl methyl sites for hydroxylation is 1. The molecule has 0 saturated carbocycles. The third kappa shape index (κ3) is 4.83. The van der Waals surface area contributed by atoms with Gasteiger partial charge in [0.05, 0.1) is 12.2 Å². The van der Waals surface area contributed by atoms with Crippen molar-refractivity contribution in [3.05, 3.63) is 65.5 Å². The molecule has 2 heterocycles. The van der Waals surface area contributed by atoms with Gasteiger partial charge in [-0.05, 0) is 18.6 Å². The Hall–Kier alpha value is -2.70. The first kappa shape index (κ1) is 19.6. The summed E-state index contributed by atoms with van der Waals surface area (Å²) in [6.45, 7) is 6.17. The Morgan fingerprint density at radius 2 is 1.66 bits per heavy atom. The lowest BCUT2D eigenvalue weighted by Gasteiger charge is -2.35. The predicted molar refractivity (Wildman–Crippen MR) is 121 cm³/mol. The minimum atomic E-state index is 0.00850. The number of nitrogens with zero attached hydrogens (tertiary/aromatic N) is 3. The van der Waals surface area contributed by atoms with Gasteiger partial charge < -0.3 is 10.2 Å². The topological polar surface area (TPSA) is 48.5 Å². The zero-order valence-electron chi connectivity index (χ0n) is 16.7. The Labute approximate surface area is 176 Å². The lowest BCUT2D eigenvalue weighted by Crippen LogP contribution is -2.48. The minimum Gasteiger partial charge on any atom is -0.369 e. The lowest BCUT2D eigenvalue weighted by atomic mass is 10.1. The van der Waals surface area contributed by atoms with Crippen LogP contribution in [0.1, 0.15) is 11.8 Å². The van der Waals surface area contributed by atoms with Crippen LogP contribution < -0.4 is 10.2 Å². The van der Waals surface area contributed by atoms with Crippen LogP contribution in [-0.4, -0.2) is 48.5 Å². The average Bonchev–Trinajstić information content (AvgIpc) is 3.18. The normalized spacial score (nSPS) is 14.7. The van der Waals surface area contributed by atoms with Gasteiger partial charge in [-0.25, -0.2) is 4.98 Å². The second-order valence-electron chi connectivity index (χ2n) is 7.16. The standard InChI is InChI=1S/C23H26N4OS/c1-2-20-22(18-9-5-3-6-10-18)25-23(29-20)24-21(28)17-26-13-15-27(16-14-26)19-11-7-4-8-12-19/h3-12H,2,13-17H2,1H3,(H,24,25,28). The molecule has 0 radical (unpaired) electrons. The van der Waals surface area contributed by atoms with Crippen molar-refractivity contribution in [3.8, 4) is 11.3 Å². The molecule has 0 spiro atoms. The fourth-order valence-corrected chi connectivity index (χ4v) is 4.57. The molecule has 0 atom stereocenters. The molecular formula is C23H26N4OS. The summed E-state index contributed by atoms with van der Waals surface area (Å²) in [4.78, 5) is 23.1. The molecule has 1 aromatic heterocycles. The van der Waals surface area contributed by atoms with E-state index in [-0.39, 0.29) is 5.91 Å². The summed E-state index contributed by atoms with van der Waals surface area (Å²) < 4.78 is 0. The molecule has 1 saturated heterocycles. The number of rotatable bonds is 6. The van der Waals surface area contributed by atoms with E-state index < -0.39 is 0 Å². The van der Waals surface area contributed by atoms with E-state index in [0.717, 1.165) is 43.9 Å². The third-order valence-electron chi connectivity index (χ3n) is 5.17. The van der Waals surface area contributed by atoms with Gasteiger partial charge in [0.2, 0.25) is 5.91 Å². The number of hydrogen-bond acceptors (Lipinski definition) is 5. The lowest BCUT2D eigenvalue weighted by molar-refractivity contribution is -0.117. The molecule has 150 valence electrons. The molecule has 1 fully saturated rings. The second-order valence-corrected chi connectivity index (χ2v) is 8.24. The summed E-state index contributed by atoms with van der Waals surface area (Å²) in [6.07, 6.45) is 0.902. The summed E-state index contributed by atoms with van der Waals surface area (Å²) >= 11 is 1.57. The van der Waals surface area contributed by atoms with Gasteiger partial charge in [0.25, 0.3) is 0 Å². The number of para-hydroxylation sites is 1. The molecule has 1 N–H and O–H groups in total. The van der Waals surface area contributed by atoms with Crippen LogP contribution >= 0.6 is 11.3 Å². The Morgan fingerprint density at radius 3 is 2.31 bits per heavy atom. The van der Waals surface area contributed by atoms with E-state index in [1.807, 2.05) is 24.3 Å². The van der Waals surface area contributed by atoms with Gasteiger partial charge in [-0.3, -0.25) is 9.69 Å². The Morgan fingerprint density at radius 1 is 1.00 bits per heavy atom. The Bertz CT molecular complexity index is 934. The van der Waals surface area contributed by atoms with Gasteiger partial charge in [0.1, 0.15) is 0 Å². The molecule has 3 aromatic rings. The van der Waals surface area contributed by atoms with Crippen LogP contribution in [0.2, 0.25) is 0 Å². The molecule has 0 unspecified atom stereocenters. The number of carbonyl (C=O) groups excluding carboxylic acids is 1. The number of piperazine rings is 1. The molecule has 6 heteroatoms. The van der Waals surface area contributed by atoms with Gasteiger partial charge in [-0.15, -0.1) is 11.3 Å². The smallest absolute Gasteiger partial charge is 0.240 e. The van der Waals surface area contributed by atoms with Crippen molar-refractivity contribution in [2.75, 3.05) is 42.9 Å². The van der Waals surface area contributed by atoms with Crippen molar-refractivity contribution >= 4 is 28.1 Å².